The van der Waals surface area contributed by atoms with Gasteiger partial charge in [0.25, 0.3) is 11.8 Å². The van der Waals surface area contributed by atoms with Gasteiger partial charge in [0, 0.05) is 0 Å². The maximum Gasteiger partial charge on any atom is 0.355 e. The molecule has 0 bridgehead atoms. The number of carbonyl (C=O) groups excluding carboxylic acids is 4. The molecule has 2 aliphatic heterocycles. The van der Waals surface area contributed by atoms with Crippen LogP contribution in [0.2, 0.25) is 0 Å². The Morgan fingerprint density at radius 3 is 2.10 bits per heavy atom. The zero-order valence-electron chi connectivity index (χ0n) is 22.4. The van der Waals surface area contributed by atoms with Crippen LogP contribution in [-0.4, -0.2) is 38.0 Å². The van der Waals surface area contributed by atoms with Gasteiger partial charge in [0.1, 0.15) is 11.5 Å². The molecule has 0 aromatic heterocycles. The number of para-hydroxylation sites is 1. The third-order valence-corrected chi connectivity index (χ3v) is 7.10. The zero-order valence-corrected chi connectivity index (χ0v) is 22.4. The van der Waals surface area contributed by atoms with Gasteiger partial charge in [0.05, 0.1) is 59.9 Å². The van der Waals surface area contributed by atoms with Crippen molar-refractivity contribution in [2.24, 2.45) is 5.73 Å². The van der Waals surface area contributed by atoms with Crippen molar-refractivity contribution in [3.8, 4) is 6.07 Å². The second-order valence-electron chi connectivity index (χ2n) is 9.27. The molecule has 204 valence electrons. The summed E-state index contributed by atoms with van der Waals surface area (Å²) in [6.07, 6.45) is 0. The van der Waals surface area contributed by atoms with Crippen LogP contribution in [0.3, 0.4) is 0 Å². The summed E-state index contributed by atoms with van der Waals surface area (Å²) < 4.78 is 10.1. The molecular formula is C31H24N4O6. The summed E-state index contributed by atoms with van der Waals surface area (Å²) in [6, 6.07) is 22.1. The van der Waals surface area contributed by atoms with Gasteiger partial charge in [-0.25, -0.2) is 14.5 Å². The van der Waals surface area contributed by atoms with E-state index in [-0.39, 0.29) is 39.5 Å². The first-order valence-corrected chi connectivity index (χ1v) is 12.5. The molecule has 10 nitrogen and oxygen atoms in total. The highest BCUT2D eigenvalue weighted by Crippen LogP contribution is 2.45. The fourth-order valence-corrected chi connectivity index (χ4v) is 5.25. The summed E-state index contributed by atoms with van der Waals surface area (Å²) in [5.41, 5.74) is 7.63. The number of carbonyl (C=O) groups is 4. The number of aryl methyl sites for hydroxylation is 1. The molecular weight excluding hydrogens is 524 g/mol. The Labute approximate surface area is 235 Å². The summed E-state index contributed by atoms with van der Waals surface area (Å²) in [5, 5.41) is 10.3. The SMILES string of the molecule is COC(=O)C1=C(C(=O)OC)N(c2cccc3c2C(=O)N(c2ccccc2C)C3=O)C(N)=C(C#N)C1c1ccccc1. The van der Waals surface area contributed by atoms with Gasteiger partial charge in [-0.15, -0.1) is 0 Å². The van der Waals surface area contributed by atoms with Crippen molar-refractivity contribution >= 4 is 35.1 Å². The van der Waals surface area contributed by atoms with Gasteiger partial charge in [-0.3, -0.25) is 14.5 Å². The molecule has 0 spiro atoms. The number of methoxy groups -OCH3 is 2. The summed E-state index contributed by atoms with van der Waals surface area (Å²) in [7, 11) is 2.27. The second kappa shape index (κ2) is 10.5. The zero-order chi connectivity index (χ0) is 29.4. The van der Waals surface area contributed by atoms with Gasteiger partial charge >= 0.3 is 11.9 Å². The van der Waals surface area contributed by atoms with Crippen LogP contribution < -0.4 is 15.5 Å². The Hall–Kier alpha value is -5.69. The minimum atomic E-state index is -1.07. The monoisotopic (exact) mass is 548 g/mol. The molecule has 2 amide bonds. The van der Waals surface area contributed by atoms with Crippen molar-refractivity contribution in [2.45, 2.75) is 12.8 Å². The number of rotatable bonds is 5. The molecule has 5 rings (SSSR count). The molecule has 10 heteroatoms. The lowest BCUT2D eigenvalue weighted by Gasteiger charge is -2.36. The van der Waals surface area contributed by atoms with Crippen LogP contribution in [0.25, 0.3) is 0 Å². The van der Waals surface area contributed by atoms with Crippen LogP contribution in [0.4, 0.5) is 11.4 Å². The van der Waals surface area contributed by atoms with Crippen LogP contribution >= 0.6 is 0 Å². The molecule has 0 saturated carbocycles. The van der Waals surface area contributed by atoms with E-state index >= 15 is 0 Å². The highest BCUT2D eigenvalue weighted by molar-refractivity contribution is 6.36. The number of esters is 2. The van der Waals surface area contributed by atoms with Crippen LogP contribution in [0.1, 0.15) is 37.8 Å². The van der Waals surface area contributed by atoms with Crippen LogP contribution in [0.5, 0.6) is 0 Å². The van der Waals surface area contributed by atoms with Crippen LogP contribution in [-0.2, 0) is 19.1 Å². The Balaban J connectivity index is 1.81. The number of hydrogen-bond donors (Lipinski definition) is 1. The lowest BCUT2D eigenvalue weighted by molar-refractivity contribution is -0.139. The Morgan fingerprint density at radius 1 is 0.829 bits per heavy atom. The second-order valence-corrected chi connectivity index (χ2v) is 9.27. The molecule has 0 fully saturated rings. The molecule has 0 saturated heterocycles. The van der Waals surface area contributed by atoms with Gasteiger partial charge in [-0.2, -0.15) is 5.26 Å². The number of hydrogen-bond acceptors (Lipinski definition) is 9. The number of amides is 2. The Kier molecular flexibility index (Phi) is 6.87. The molecule has 2 N–H and O–H groups in total. The number of imide groups is 1. The number of nitrogens with zero attached hydrogens (tertiary/aromatic N) is 3. The first-order chi connectivity index (χ1) is 19.8. The van der Waals surface area contributed by atoms with Gasteiger partial charge < -0.3 is 15.2 Å². The number of benzene rings is 3. The lowest BCUT2D eigenvalue weighted by Crippen LogP contribution is -2.41. The fourth-order valence-electron chi connectivity index (χ4n) is 5.25. The topological polar surface area (TPSA) is 143 Å². The molecule has 3 aromatic carbocycles. The van der Waals surface area contributed by atoms with E-state index in [4.69, 9.17) is 15.2 Å². The molecule has 0 radical (unpaired) electrons. The first kappa shape index (κ1) is 26.9. The minimum absolute atomic E-state index is 0.0236. The first-order valence-electron chi connectivity index (χ1n) is 12.5. The van der Waals surface area contributed by atoms with Crippen molar-refractivity contribution < 1.29 is 28.7 Å². The maximum atomic E-state index is 13.9. The quantitative estimate of drug-likeness (QED) is 0.373. The third-order valence-electron chi connectivity index (χ3n) is 7.10. The highest BCUT2D eigenvalue weighted by atomic mass is 16.5. The van der Waals surface area contributed by atoms with E-state index in [1.807, 2.05) is 0 Å². The Bertz CT molecular complexity index is 1730. The molecule has 2 aliphatic rings. The summed E-state index contributed by atoms with van der Waals surface area (Å²) in [4.78, 5) is 56.4. The predicted octanol–water partition coefficient (Wildman–Crippen LogP) is 3.69. The number of allylic oxidation sites excluding steroid dienone is 1. The van der Waals surface area contributed by atoms with E-state index in [2.05, 4.69) is 6.07 Å². The maximum absolute atomic E-state index is 13.9. The number of ether oxygens (including phenoxy) is 2. The third kappa shape index (κ3) is 4.11. The largest absolute Gasteiger partial charge is 0.466 e. The van der Waals surface area contributed by atoms with Crippen LogP contribution in [0, 0.1) is 18.3 Å². The highest BCUT2D eigenvalue weighted by Gasteiger charge is 2.46. The summed E-state index contributed by atoms with van der Waals surface area (Å²) in [6.45, 7) is 1.77. The van der Waals surface area contributed by atoms with Crippen LogP contribution in [0.15, 0.2) is 95.5 Å². The van der Waals surface area contributed by atoms with Gasteiger partial charge in [-0.05, 0) is 36.2 Å². The molecule has 3 aromatic rings. The number of nitriles is 1. The molecule has 0 aliphatic carbocycles. The van der Waals surface area contributed by atoms with E-state index in [1.54, 1.807) is 61.5 Å². The Morgan fingerprint density at radius 2 is 1.46 bits per heavy atom. The van der Waals surface area contributed by atoms with Crippen molar-refractivity contribution in [1.82, 2.24) is 0 Å². The number of fused-ring (bicyclic) bond motifs is 1. The van der Waals surface area contributed by atoms with Crippen molar-refractivity contribution in [2.75, 3.05) is 24.0 Å². The predicted molar refractivity (Wildman–Crippen MR) is 148 cm³/mol. The summed E-state index contributed by atoms with van der Waals surface area (Å²) >= 11 is 0. The van der Waals surface area contributed by atoms with E-state index < -0.39 is 29.7 Å². The fraction of sp³-hybridized carbons (Fsp3) is 0.129. The van der Waals surface area contributed by atoms with E-state index in [0.29, 0.717) is 16.8 Å². The normalized spacial score (nSPS) is 16.5. The van der Waals surface area contributed by atoms with E-state index in [9.17, 15) is 24.4 Å². The number of anilines is 2. The smallest absolute Gasteiger partial charge is 0.355 e. The average Bonchev–Trinajstić information content (AvgIpc) is 3.25. The van der Waals surface area contributed by atoms with E-state index in [1.165, 1.54) is 18.2 Å². The molecule has 1 atom stereocenters. The average molecular weight is 549 g/mol. The molecule has 1 unspecified atom stereocenters. The van der Waals surface area contributed by atoms with Crippen molar-refractivity contribution in [3.05, 3.63) is 118 Å². The molecule has 2 heterocycles. The standard InChI is InChI=1S/C31H24N4O6/c1-17-10-7-8-14-21(17)35-28(36)19-13-9-15-22(24(19)29(35)37)34-26(31(39)41-3)25(30(38)40-2)23(20(16-32)27(34)33)18-11-5-4-6-12-18/h4-15,23H,33H2,1-3H3. The lowest BCUT2D eigenvalue weighted by atomic mass is 9.80. The van der Waals surface area contributed by atoms with Gasteiger partial charge in [0.15, 0.2) is 0 Å². The van der Waals surface area contributed by atoms with Gasteiger partial charge in [0.2, 0.25) is 0 Å². The van der Waals surface area contributed by atoms with Crippen molar-refractivity contribution in [3.63, 3.8) is 0 Å². The van der Waals surface area contributed by atoms with Gasteiger partial charge in [-0.1, -0.05) is 54.6 Å². The van der Waals surface area contributed by atoms with E-state index in [0.717, 1.165) is 24.0 Å². The molecule has 41 heavy (non-hydrogen) atoms. The summed E-state index contributed by atoms with van der Waals surface area (Å²) in [5.74, 6) is -4.37. The van der Waals surface area contributed by atoms with Crippen molar-refractivity contribution in [1.29, 1.82) is 5.26 Å². The minimum Gasteiger partial charge on any atom is -0.466 e. The number of nitrogens with two attached hydrogens (primary N) is 1.